The van der Waals surface area contributed by atoms with Crippen LogP contribution in [0.15, 0.2) is 60.7 Å². The highest BCUT2D eigenvalue weighted by Crippen LogP contribution is 2.27. The van der Waals surface area contributed by atoms with Crippen molar-refractivity contribution >= 4 is 39.6 Å². The minimum absolute atomic E-state index is 0.178. The number of carboxylic acid groups (broad SMARTS) is 1. The average Bonchev–Trinajstić information content (AvgIpc) is 3.17. The van der Waals surface area contributed by atoms with Gasteiger partial charge < -0.3 is 20.7 Å². The van der Waals surface area contributed by atoms with Crippen molar-refractivity contribution in [2.75, 3.05) is 0 Å². The van der Waals surface area contributed by atoms with Gasteiger partial charge in [-0.1, -0.05) is 48.5 Å². The Morgan fingerprint density at radius 1 is 0.969 bits per heavy atom. The zero-order chi connectivity index (χ0) is 22.8. The van der Waals surface area contributed by atoms with E-state index >= 15 is 0 Å². The van der Waals surface area contributed by atoms with Gasteiger partial charge in [0.15, 0.2) is 6.04 Å². The van der Waals surface area contributed by atoms with E-state index in [9.17, 15) is 19.5 Å². The summed E-state index contributed by atoms with van der Waals surface area (Å²) in [7, 11) is 0. The fourth-order valence-electron chi connectivity index (χ4n) is 3.66. The molecule has 0 aliphatic heterocycles. The van der Waals surface area contributed by atoms with Gasteiger partial charge in [0.05, 0.1) is 11.2 Å². The molecule has 32 heavy (non-hydrogen) atoms. The van der Waals surface area contributed by atoms with E-state index in [0.717, 1.165) is 21.8 Å². The van der Waals surface area contributed by atoms with Crippen molar-refractivity contribution in [3.8, 4) is 0 Å². The molecule has 4 rings (SSSR count). The molecule has 0 bridgehead atoms. The van der Waals surface area contributed by atoms with Crippen molar-refractivity contribution in [2.24, 2.45) is 0 Å². The number of aromatic amines is 1. The second-order valence-corrected chi connectivity index (χ2v) is 7.57. The Balaban J connectivity index is 1.53. The maximum absolute atomic E-state index is 12.8. The van der Waals surface area contributed by atoms with Crippen LogP contribution in [0.3, 0.4) is 0 Å². The van der Waals surface area contributed by atoms with Crippen molar-refractivity contribution in [3.63, 3.8) is 0 Å². The number of carbonyl (C=O) groups is 3. The van der Waals surface area contributed by atoms with Crippen LogP contribution in [0.1, 0.15) is 34.7 Å². The molecule has 0 aliphatic rings. The lowest BCUT2D eigenvalue weighted by molar-refractivity contribution is -0.142. The topological polar surface area (TPSA) is 124 Å². The first kappa shape index (κ1) is 21.0. The number of carbonyl (C=O) groups excluding carboxylic acids is 2. The number of aromatic nitrogens is 2. The molecule has 2 atom stereocenters. The SMILES string of the molecule is Cc1nc(C(=O)NC(C)C(=O)NC(C(=O)O)c2ccccc2)cc2c1[nH]c1ccccc12. The summed E-state index contributed by atoms with van der Waals surface area (Å²) in [6, 6.07) is 15.6. The van der Waals surface area contributed by atoms with Crippen LogP contribution in [-0.4, -0.2) is 38.9 Å². The van der Waals surface area contributed by atoms with E-state index in [1.54, 1.807) is 36.4 Å². The van der Waals surface area contributed by atoms with E-state index in [0.29, 0.717) is 11.3 Å². The van der Waals surface area contributed by atoms with E-state index in [4.69, 9.17) is 0 Å². The third-order valence-electron chi connectivity index (χ3n) is 5.32. The first-order valence-corrected chi connectivity index (χ1v) is 10.1. The van der Waals surface area contributed by atoms with Crippen molar-refractivity contribution in [1.29, 1.82) is 0 Å². The maximum atomic E-state index is 12.8. The Bertz CT molecular complexity index is 1330. The van der Waals surface area contributed by atoms with Crippen LogP contribution in [0.4, 0.5) is 0 Å². The summed E-state index contributed by atoms with van der Waals surface area (Å²) in [4.78, 5) is 44.7. The van der Waals surface area contributed by atoms with E-state index in [-0.39, 0.29) is 5.69 Å². The standard InChI is InChI=1S/C24H22N4O4/c1-13-20-17(16-10-6-7-11-18(16)27-20)12-19(25-13)23(30)26-14(2)22(29)28-21(24(31)32)15-8-4-3-5-9-15/h3-12,14,21,27H,1-2H3,(H,26,30)(H,28,29)(H,31,32). The number of nitrogens with zero attached hydrogens (tertiary/aromatic N) is 1. The number of H-pyrrole nitrogens is 1. The molecule has 2 unspecified atom stereocenters. The Morgan fingerprint density at radius 2 is 1.66 bits per heavy atom. The van der Waals surface area contributed by atoms with Crippen molar-refractivity contribution in [1.82, 2.24) is 20.6 Å². The molecule has 2 heterocycles. The summed E-state index contributed by atoms with van der Waals surface area (Å²) >= 11 is 0. The molecule has 2 aromatic heterocycles. The Hall–Kier alpha value is -4.20. The van der Waals surface area contributed by atoms with Gasteiger partial charge in [-0.05, 0) is 31.5 Å². The lowest BCUT2D eigenvalue weighted by Gasteiger charge is -2.19. The number of amides is 2. The molecule has 0 fully saturated rings. The lowest BCUT2D eigenvalue weighted by atomic mass is 10.1. The van der Waals surface area contributed by atoms with Crippen molar-refractivity contribution in [2.45, 2.75) is 25.9 Å². The third-order valence-corrected chi connectivity index (χ3v) is 5.32. The molecular weight excluding hydrogens is 408 g/mol. The first-order chi connectivity index (χ1) is 15.3. The van der Waals surface area contributed by atoms with Gasteiger partial charge in [0.2, 0.25) is 5.91 Å². The number of hydrogen-bond acceptors (Lipinski definition) is 4. The van der Waals surface area contributed by atoms with Crippen LogP contribution in [0.25, 0.3) is 21.8 Å². The zero-order valence-corrected chi connectivity index (χ0v) is 17.5. The van der Waals surface area contributed by atoms with Crippen LogP contribution in [0.2, 0.25) is 0 Å². The largest absolute Gasteiger partial charge is 0.479 e. The molecule has 2 amide bonds. The average molecular weight is 430 g/mol. The Labute approximate surface area is 183 Å². The van der Waals surface area contributed by atoms with Gasteiger partial charge in [-0.3, -0.25) is 9.59 Å². The number of aliphatic carboxylic acids is 1. The smallest absolute Gasteiger partial charge is 0.330 e. The highest BCUT2D eigenvalue weighted by atomic mass is 16.4. The summed E-state index contributed by atoms with van der Waals surface area (Å²) in [6.07, 6.45) is 0. The molecule has 0 saturated heterocycles. The summed E-state index contributed by atoms with van der Waals surface area (Å²) in [5.41, 5.74) is 3.07. The first-order valence-electron chi connectivity index (χ1n) is 10.1. The molecule has 0 spiro atoms. The predicted molar refractivity (Wildman–Crippen MR) is 120 cm³/mol. The number of aryl methyl sites for hydroxylation is 1. The minimum atomic E-state index is -1.22. The van der Waals surface area contributed by atoms with E-state index in [1.807, 2.05) is 31.2 Å². The van der Waals surface area contributed by atoms with Crippen LogP contribution in [0, 0.1) is 6.92 Å². The third kappa shape index (κ3) is 4.02. The van der Waals surface area contributed by atoms with E-state index in [2.05, 4.69) is 20.6 Å². The quantitative estimate of drug-likeness (QED) is 0.374. The van der Waals surface area contributed by atoms with Gasteiger partial charge in [0.1, 0.15) is 11.7 Å². The van der Waals surface area contributed by atoms with Gasteiger partial charge in [-0.15, -0.1) is 0 Å². The van der Waals surface area contributed by atoms with Gasteiger partial charge in [-0.25, -0.2) is 9.78 Å². The molecule has 4 aromatic rings. The van der Waals surface area contributed by atoms with Crippen LogP contribution in [0.5, 0.6) is 0 Å². The molecule has 0 saturated carbocycles. The van der Waals surface area contributed by atoms with Crippen LogP contribution in [-0.2, 0) is 9.59 Å². The van der Waals surface area contributed by atoms with Crippen molar-refractivity contribution in [3.05, 3.63) is 77.6 Å². The second-order valence-electron chi connectivity index (χ2n) is 7.57. The van der Waals surface area contributed by atoms with Gasteiger partial charge in [-0.2, -0.15) is 0 Å². The minimum Gasteiger partial charge on any atom is -0.479 e. The van der Waals surface area contributed by atoms with Crippen molar-refractivity contribution < 1.29 is 19.5 Å². The van der Waals surface area contributed by atoms with E-state index < -0.39 is 29.9 Å². The molecule has 8 nitrogen and oxygen atoms in total. The highest BCUT2D eigenvalue weighted by Gasteiger charge is 2.26. The summed E-state index contributed by atoms with van der Waals surface area (Å²) in [5.74, 6) is -2.32. The molecular formula is C24H22N4O4. The Kier molecular flexibility index (Phi) is 5.59. The molecule has 4 N–H and O–H groups in total. The molecule has 8 heteroatoms. The summed E-state index contributed by atoms with van der Waals surface area (Å²) in [6.45, 7) is 3.30. The van der Waals surface area contributed by atoms with E-state index in [1.165, 1.54) is 6.92 Å². The maximum Gasteiger partial charge on any atom is 0.330 e. The molecule has 2 aromatic carbocycles. The number of para-hydroxylation sites is 1. The number of fused-ring (bicyclic) bond motifs is 3. The predicted octanol–water partition coefficient (Wildman–Crippen LogP) is 3.08. The number of pyridine rings is 1. The fourth-order valence-corrected chi connectivity index (χ4v) is 3.66. The highest BCUT2D eigenvalue weighted by molar-refractivity contribution is 6.10. The van der Waals surface area contributed by atoms with Crippen LogP contribution < -0.4 is 10.6 Å². The molecule has 162 valence electrons. The molecule has 0 radical (unpaired) electrons. The molecule has 0 aliphatic carbocycles. The number of carboxylic acids is 1. The zero-order valence-electron chi connectivity index (χ0n) is 17.5. The lowest BCUT2D eigenvalue weighted by Crippen LogP contribution is -2.47. The summed E-state index contributed by atoms with van der Waals surface area (Å²) < 4.78 is 0. The Morgan fingerprint density at radius 3 is 2.38 bits per heavy atom. The number of hydrogen-bond donors (Lipinski definition) is 4. The number of rotatable bonds is 6. The van der Waals surface area contributed by atoms with Gasteiger partial charge >= 0.3 is 5.97 Å². The fraction of sp³-hybridized carbons (Fsp3) is 0.167. The normalized spacial score (nSPS) is 12.9. The monoisotopic (exact) mass is 430 g/mol. The number of nitrogens with one attached hydrogen (secondary N) is 3. The van der Waals surface area contributed by atoms with Gasteiger partial charge in [0, 0.05) is 16.3 Å². The van der Waals surface area contributed by atoms with Gasteiger partial charge in [0.25, 0.3) is 5.91 Å². The second kappa shape index (κ2) is 8.50. The number of benzene rings is 2. The van der Waals surface area contributed by atoms with Crippen LogP contribution >= 0.6 is 0 Å². The summed E-state index contributed by atoms with van der Waals surface area (Å²) in [5, 5.41) is 16.4.